The van der Waals surface area contributed by atoms with Gasteiger partial charge in [0.1, 0.15) is 10.8 Å². The number of carboxylic acid groups (broad SMARTS) is 1. The van der Waals surface area contributed by atoms with Crippen molar-refractivity contribution in [2.45, 2.75) is 13.0 Å². The molecule has 6 nitrogen and oxygen atoms in total. The zero-order valence-electron chi connectivity index (χ0n) is 14.6. The number of thiophene rings is 1. The van der Waals surface area contributed by atoms with Gasteiger partial charge < -0.3 is 20.1 Å². The lowest BCUT2D eigenvalue weighted by Crippen LogP contribution is -2.26. The van der Waals surface area contributed by atoms with Crippen LogP contribution in [0.15, 0.2) is 30.3 Å². The minimum absolute atomic E-state index is 0.223. The fraction of sp³-hybridized carbons (Fsp3) is 0.263. The Balaban J connectivity index is 1.79. The molecule has 2 aromatic rings. The Morgan fingerprint density at radius 1 is 1.38 bits per heavy atom. The van der Waals surface area contributed by atoms with Gasteiger partial charge in [-0.25, -0.2) is 4.79 Å². The van der Waals surface area contributed by atoms with Crippen LogP contribution in [0.4, 0.5) is 5.00 Å². The second-order valence-corrected chi connectivity index (χ2v) is 7.21. The third-order valence-corrected chi connectivity index (χ3v) is 5.35. The normalized spacial score (nSPS) is 14.2. The number of nitrogens with zero attached hydrogens (tertiary/aromatic N) is 1. The number of aromatic carboxylic acids is 1. The van der Waals surface area contributed by atoms with Crippen molar-refractivity contribution in [3.63, 3.8) is 0 Å². The quantitative estimate of drug-likeness (QED) is 0.789. The first-order valence-electron chi connectivity index (χ1n) is 8.17. The summed E-state index contributed by atoms with van der Waals surface area (Å²) in [5, 5.41) is 12.7. The van der Waals surface area contributed by atoms with Crippen LogP contribution in [0.25, 0.3) is 6.08 Å². The van der Waals surface area contributed by atoms with Crippen LogP contribution in [-0.2, 0) is 17.8 Å². The highest BCUT2D eigenvalue weighted by molar-refractivity contribution is 7.17. The van der Waals surface area contributed by atoms with Gasteiger partial charge in [0, 0.05) is 24.0 Å². The number of fused-ring (bicyclic) bond motifs is 1. The van der Waals surface area contributed by atoms with Crippen molar-refractivity contribution in [1.82, 2.24) is 4.90 Å². The summed E-state index contributed by atoms with van der Waals surface area (Å²) in [6.07, 6.45) is 3.74. The predicted molar refractivity (Wildman–Crippen MR) is 102 cm³/mol. The molecule has 1 amide bonds. The summed E-state index contributed by atoms with van der Waals surface area (Å²) in [4.78, 5) is 27.1. The molecule has 7 heteroatoms. The molecule has 0 saturated carbocycles. The number of amides is 1. The Morgan fingerprint density at radius 3 is 2.92 bits per heavy atom. The molecule has 136 valence electrons. The lowest BCUT2D eigenvalue weighted by atomic mass is 10.0. The Labute approximate surface area is 155 Å². The van der Waals surface area contributed by atoms with Crippen molar-refractivity contribution >= 4 is 34.3 Å². The number of rotatable bonds is 5. The van der Waals surface area contributed by atoms with Gasteiger partial charge in [0.05, 0.1) is 12.7 Å². The first-order chi connectivity index (χ1) is 12.5. The number of carbonyl (C=O) groups excluding carboxylic acids is 1. The number of anilines is 1. The molecule has 26 heavy (non-hydrogen) atoms. The summed E-state index contributed by atoms with van der Waals surface area (Å²) in [5.41, 5.74) is 1.89. The summed E-state index contributed by atoms with van der Waals surface area (Å²) in [7, 11) is 3.58. The average molecular weight is 372 g/mol. The fourth-order valence-corrected chi connectivity index (χ4v) is 4.24. The molecule has 0 spiro atoms. The highest BCUT2D eigenvalue weighted by atomic mass is 32.1. The lowest BCUT2D eigenvalue weighted by Gasteiger charge is -2.22. The minimum Gasteiger partial charge on any atom is -0.497 e. The maximum atomic E-state index is 12.3. The smallest absolute Gasteiger partial charge is 0.339 e. The zero-order chi connectivity index (χ0) is 18.7. The summed E-state index contributed by atoms with van der Waals surface area (Å²) in [5.74, 6) is -0.655. The van der Waals surface area contributed by atoms with E-state index in [1.165, 1.54) is 17.4 Å². The van der Waals surface area contributed by atoms with Crippen molar-refractivity contribution in [2.75, 3.05) is 26.0 Å². The van der Waals surface area contributed by atoms with Crippen molar-refractivity contribution in [1.29, 1.82) is 0 Å². The summed E-state index contributed by atoms with van der Waals surface area (Å²) >= 11 is 1.34. The number of benzene rings is 1. The van der Waals surface area contributed by atoms with Gasteiger partial charge in [-0.3, -0.25) is 4.79 Å². The van der Waals surface area contributed by atoms with Gasteiger partial charge in [0.15, 0.2) is 0 Å². The first kappa shape index (κ1) is 18.2. The van der Waals surface area contributed by atoms with E-state index in [1.807, 2.05) is 31.3 Å². The third-order valence-electron chi connectivity index (χ3n) is 4.22. The van der Waals surface area contributed by atoms with Crippen LogP contribution in [-0.4, -0.2) is 42.6 Å². The predicted octanol–water partition coefficient (Wildman–Crippen LogP) is 3.09. The largest absolute Gasteiger partial charge is 0.497 e. The second kappa shape index (κ2) is 7.72. The van der Waals surface area contributed by atoms with Crippen molar-refractivity contribution < 1.29 is 19.4 Å². The van der Waals surface area contributed by atoms with Gasteiger partial charge in [0.2, 0.25) is 5.91 Å². The van der Waals surface area contributed by atoms with E-state index in [2.05, 4.69) is 10.2 Å². The molecule has 0 aliphatic carbocycles. The minimum atomic E-state index is -1.00. The molecule has 3 rings (SSSR count). The standard InChI is InChI=1S/C19H20N2O4S/c1-21-9-8-14-15(11-21)26-18(17(14)19(23)24)20-16(22)7-6-12-4-3-5-13(10-12)25-2/h3-7,10H,8-9,11H2,1-2H3,(H,20,22)(H,23,24)/b7-6+. The Morgan fingerprint density at radius 2 is 2.19 bits per heavy atom. The molecule has 1 aliphatic rings. The molecule has 1 aromatic carbocycles. The molecular weight excluding hydrogens is 352 g/mol. The van der Waals surface area contributed by atoms with Crippen LogP contribution in [0, 0.1) is 0 Å². The van der Waals surface area contributed by atoms with E-state index >= 15 is 0 Å². The van der Waals surface area contributed by atoms with Crippen LogP contribution in [0.5, 0.6) is 5.75 Å². The molecular formula is C19H20N2O4S. The van der Waals surface area contributed by atoms with Crippen LogP contribution in [0.2, 0.25) is 0 Å². The molecule has 2 N–H and O–H groups in total. The second-order valence-electron chi connectivity index (χ2n) is 6.10. The number of nitrogens with one attached hydrogen (secondary N) is 1. The van der Waals surface area contributed by atoms with Gasteiger partial charge in [-0.15, -0.1) is 11.3 Å². The average Bonchev–Trinajstić information content (AvgIpc) is 2.97. The van der Waals surface area contributed by atoms with E-state index in [1.54, 1.807) is 13.2 Å². The molecule has 0 radical (unpaired) electrons. The van der Waals surface area contributed by atoms with E-state index in [-0.39, 0.29) is 11.5 Å². The lowest BCUT2D eigenvalue weighted by molar-refractivity contribution is -0.111. The number of carboxylic acids is 1. The van der Waals surface area contributed by atoms with Crippen LogP contribution in [0.1, 0.15) is 26.4 Å². The summed E-state index contributed by atoms with van der Waals surface area (Å²) in [6, 6.07) is 7.33. The maximum Gasteiger partial charge on any atom is 0.339 e. The van der Waals surface area contributed by atoms with E-state index in [4.69, 9.17) is 4.74 Å². The number of hydrogen-bond donors (Lipinski definition) is 2. The number of ether oxygens (including phenoxy) is 1. The van der Waals surface area contributed by atoms with E-state index < -0.39 is 5.97 Å². The van der Waals surface area contributed by atoms with Gasteiger partial charge in [0.25, 0.3) is 0 Å². The molecule has 0 atom stereocenters. The molecule has 1 aliphatic heterocycles. The molecule has 0 fully saturated rings. The van der Waals surface area contributed by atoms with Crippen LogP contribution in [0.3, 0.4) is 0 Å². The van der Waals surface area contributed by atoms with Gasteiger partial charge in [-0.2, -0.15) is 0 Å². The van der Waals surface area contributed by atoms with E-state index in [0.29, 0.717) is 23.7 Å². The maximum absolute atomic E-state index is 12.3. The van der Waals surface area contributed by atoms with Crippen molar-refractivity contribution in [2.24, 2.45) is 0 Å². The van der Waals surface area contributed by atoms with Crippen LogP contribution < -0.4 is 10.1 Å². The third kappa shape index (κ3) is 3.95. The first-order valence-corrected chi connectivity index (χ1v) is 8.99. The highest BCUT2D eigenvalue weighted by Crippen LogP contribution is 2.36. The van der Waals surface area contributed by atoms with Gasteiger partial charge in [-0.05, 0) is 42.8 Å². The number of carbonyl (C=O) groups is 2. The van der Waals surface area contributed by atoms with Crippen molar-refractivity contribution in [3.05, 3.63) is 51.9 Å². The molecule has 1 aromatic heterocycles. The van der Waals surface area contributed by atoms with Crippen LogP contribution >= 0.6 is 11.3 Å². The Bertz CT molecular complexity index is 872. The van der Waals surface area contributed by atoms with Crippen molar-refractivity contribution in [3.8, 4) is 5.75 Å². The van der Waals surface area contributed by atoms with E-state index in [9.17, 15) is 14.7 Å². The van der Waals surface area contributed by atoms with Gasteiger partial charge >= 0.3 is 5.97 Å². The number of likely N-dealkylation sites (N-methyl/N-ethyl adjacent to an activating group) is 1. The monoisotopic (exact) mass is 372 g/mol. The molecule has 0 saturated heterocycles. The Hall–Kier alpha value is -2.64. The molecule has 2 heterocycles. The summed E-state index contributed by atoms with van der Waals surface area (Å²) in [6.45, 7) is 1.52. The SMILES string of the molecule is COc1cccc(/C=C/C(=O)Nc2sc3c(c2C(=O)O)CCN(C)C3)c1. The Kier molecular flexibility index (Phi) is 5.39. The number of methoxy groups -OCH3 is 1. The van der Waals surface area contributed by atoms with E-state index in [0.717, 1.165) is 22.5 Å². The van der Waals surface area contributed by atoms with Gasteiger partial charge in [-0.1, -0.05) is 12.1 Å². The summed E-state index contributed by atoms with van der Waals surface area (Å²) < 4.78 is 5.15. The zero-order valence-corrected chi connectivity index (χ0v) is 15.4. The topological polar surface area (TPSA) is 78.9 Å². The highest BCUT2D eigenvalue weighted by Gasteiger charge is 2.27. The molecule has 0 bridgehead atoms. The molecule has 0 unspecified atom stereocenters. The number of hydrogen-bond acceptors (Lipinski definition) is 5. The fourth-order valence-electron chi connectivity index (χ4n) is 2.92.